The highest BCUT2D eigenvalue weighted by molar-refractivity contribution is 6.03. The van der Waals surface area contributed by atoms with Gasteiger partial charge in [-0.25, -0.2) is 4.52 Å². The van der Waals surface area contributed by atoms with Gasteiger partial charge < -0.3 is 10.1 Å². The second-order valence-corrected chi connectivity index (χ2v) is 7.74. The van der Waals surface area contributed by atoms with Crippen molar-refractivity contribution >= 4 is 29.1 Å². The first-order valence-electron chi connectivity index (χ1n) is 10.2. The Bertz CT molecular complexity index is 1340. The number of nitrogens with zero attached hydrogens (tertiary/aromatic N) is 5. The Kier molecular flexibility index (Phi) is 4.81. The lowest BCUT2D eigenvalue weighted by Gasteiger charge is -2.09. The van der Waals surface area contributed by atoms with Gasteiger partial charge in [0, 0.05) is 37.0 Å². The minimum absolute atomic E-state index is 0.0440. The molecule has 0 aliphatic heterocycles. The average Bonchev–Trinajstić information content (AvgIpc) is 3.44. The lowest BCUT2D eigenvalue weighted by molar-refractivity contribution is -0.117. The monoisotopic (exact) mass is 431 g/mol. The maximum Gasteiger partial charge on any atom is 0.273 e. The molecule has 162 valence electrons. The Morgan fingerprint density at radius 2 is 1.88 bits per heavy atom. The molecule has 1 aliphatic carbocycles. The summed E-state index contributed by atoms with van der Waals surface area (Å²) in [4.78, 5) is 28.8. The smallest absolute Gasteiger partial charge is 0.273 e. The van der Waals surface area contributed by atoms with Gasteiger partial charge in [0.2, 0.25) is 11.9 Å². The van der Waals surface area contributed by atoms with E-state index in [1.54, 1.807) is 64.9 Å². The predicted molar refractivity (Wildman–Crippen MR) is 117 cm³/mol. The van der Waals surface area contributed by atoms with Gasteiger partial charge in [-0.05, 0) is 44.0 Å². The van der Waals surface area contributed by atoms with E-state index in [9.17, 15) is 9.59 Å². The third-order valence-corrected chi connectivity index (χ3v) is 5.05. The maximum atomic E-state index is 12.5. The van der Waals surface area contributed by atoms with E-state index in [0.29, 0.717) is 28.5 Å². The number of nitrogens with one attached hydrogen (secondary N) is 2. The summed E-state index contributed by atoms with van der Waals surface area (Å²) in [6, 6.07) is 12.3. The number of carbonyl (C=O) groups excluding carboxylic acids is 2. The van der Waals surface area contributed by atoms with E-state index >= 15 is 0 Å². The third-order valence-electron chi connectivity index (χ3n) is 5.05. The molecule has 1 fully saturated rings. The molecule has 10 nitrogen and oxygen atoms in total. The van der Waals surface area contributed by atoms with Crippen molar-refractivity contribution in [2.75, 3.05) is 10.6 Å². The van der Waals surface area contributed by atoms with Gasteiger partial charge in [0.1, 0.15) is 17.2 Å². The van der Waals surface area contributed by atoms with E-state index in [1.807, 2.05) is 6.92 Å². The Labute approximate surface area is 183 Å². The number of hydrogen-bond acceptors (Lipinski definition) is 6. The largest absolute Gasteiger partial charge is 0.457 e. The first-order valence-corrected chi connectivity index (χ1v) is 10.2. The minimum Gasteiger partial charge on any atom is -0.457 e. The molecule has 10 heteroatoms. The van der Waals surface area contributed by atoms with Crippen LogP contribution in [0.1, 0.15) is 29.0 Å². The molecule has 5 rings (SSSR count). The number of ether oxygens (including phenoxy) is 1. The number of anilines is 2. The summed E-state index contributed by atoms with van der Waals surface area (Å²) in [5, 5.41) is 14.1. The van der Waals surface area contributed by atoms with E-state index in [2.05, 4.69) is 25.8 Å². The molecule has 3 heterocycles. The fraction of sp³-hybridized carbons (Fsp3) is 0.227. The van der Waals surface area contributed by atoms with Crippen LogP contribution in [-0.4, -0.2) is 36.2 Å². The summed E-state index contributed by atoms with van der Waals surface area (Å²) in [5.41, 5.74) is 2.38. The summed E-state index contributed by atoms with van der Waals surface area (Å²) < 4.78 is 9.06. The zero-order valence-corrected chi connectivity index (χ0v) is 17.6. The SMILES string of the molecule is Cc1cc(C(=O)Nc2cccc(Oc3ccn4nc(NC(=O)C5CC5)nc4c3)c2)n(C)n1. The van der Waals surface area contributed by atoms with Crippen molar-refractivity contribution in [1.29, 1.82) is 0 Å². The molecule has 0 spiro atoms. The van der Waals surface area contributed by atoms with E-state index in [4.69, 9.17) is 4.74 Å². The number of rotatable bonds is 6. The normalized spacial score (nSPS) is 13.2. The quantitative estimate of drug-likeness (QED) is 0.485. The second-order valence-electron chi connectivity index (χ2n) is 7.74. The number of aromatic nitrogens is 5. The Morgan fingerprint density at radius 3 is 2.62 bits per heavy atom. The number of carbonyl (C=O) groups is 2. The van der Waals surface area contributed by atoms with Crippen LogP contribution in [0.5, 0.6) is 11.5 Å². The molecule has 32 heavy (non-hydrogen) atoms. The summed E-state index contributed by atoms with van der Waals surface area (Å²) in [6.07, 6.45) is 3.54. The van der Waals surface area contributed by atoms with Crippen LogP contribution < -0.4 is 15.4 Å². The highest BCUT2D eigenvalue weighted by Gasteiger charge is 2.30. The van der Waals surface area contributed by atoms with E-state index in [-0.39, 0.29) is 23.7 Å². The van der Waals surface area contributed by atoms with Gasteiger partial charge >= 0.3 is 0 Å². The molecule has 1 saturated carbocycles. The summed E-state index contributed by atoms with van der Waals surface area (Å²) in [6.45, 7) is 1.83. The van der Waals surface area contributed by atoms with E-state index < -0.39 is 0 Å². The van der Waals surface area contributed by atoms with Crippen LogP contribution in [0, 0.1) is 12.8 Å². The standard InChI is InChI=1S/C22H21N7O3/c1-13-10-18(28(2)26-13)21(31)23-15-4-3-5-16(11-15)32-17-8-9-29-19(12-17)24-22(27-29)25-20(30)14-6-7-14/h3-5,8-12,14H,6-7H2,1-2H3,(H,23,31)(H,25,27,30). The summed E-state index contributed by atoms with van der Waals surface area (Å²) >= 11 is 0. The Balaban J connectivity index is 1.29. The van der Waals surface area contributed by atoms with Crippen LogP contribution in [0.15, 0.2) is 48.7 Å². The number of amides is 2. The van der Waals surface area contributed by atoms with Crippen molar-refractivity contribution in [3.8, 4) is 11.5 Å². The molecule has 1 aliphatic rings. The highest BCUT2D eigenvalue weighted by atomic mass is 16.5. The van der Waals surface area contributed by atoms with Crippen molar-refractivity contribution in [2.45, 2.75) is 19.8 Å². The second kappa shape index (κ2) is 7.80. The van der Waals surface area contributed by atoms with Gasteiger partial charge in [-0.1, -0.05) is 6.07 Å². The molecular formula is C22H21N7O3. The highest BCUT2D eigenvalue weighted by Crippen LogP contribution is 2.30. The van der Waals surface area contributed by atoms with E-state index in [1.165, 1.54) is 0 Å². The average molecular weight is 431 g/mol. The fourth-order valence-corrected chi connectivity index (χ4v) is 3.33. The molecule has 3 aromatic heterocycles. The third kappa shape index (κ3) is 4.15. The Hall–Kier alpha value is -4.21. The molecule has 2 N–H and O–H groups in total. The lowest BCUT2D eigenvalue weighted by atomic mass is 10.2. The van der Waals surface area contributed by atoms with Gasteiger partial charge in [0.05, 0.1) is 5.69 Å². The minimum atomic E-state index is -0.254. The summed E-state index contributed by atoms with van der Waals surface area (Å²) in [5.74, 6) is 1.16. The van der Waals surface area contributed by atoms with Crippen LogP contribution in [0.4, 0.5) is 11.6 Å². The van der Waals surface area contributed by atoms with Gasteiger partial charge in [-0.3, -0.25) is 19.6 Å². The van der Waals surface area contributed by atoms with Crippen molar-refractivity contribution in [2.24, 2.45) is 13.0 Å². The number of benzene rings is 1. The van der Waals surface area contributed by atoms with Gasteiger partial charge in [-0.2, -0.15) is 10.1 Å². The topological polar surface area (TPSA) is 115 Å². The van der Waals surface area contributed by atoms with Crippen LogP contribution >= 0.6 is 0 Å². The summed E-state index contributed by atoms with van der Waals surface area (Å²) in [7, 11) is 1.73. The molecule has 0 atom stereocenters. The van der Waals surface area contributed by atoms with Crippen molar-refractivity contribution in [3.05, 3.63) is 60.0 Å². The number of pyridine rings is 1. The maximum absolute atomic E-state index is 12.5. The predicted octanol–water partition coefficient (Wildman–Crippen LogP) is 3.16. The zero-order chi connectivity index (χ0) is 22.2. The Morgan fingerprint density at radius 1 is 1.06 bits per heavy atom. The number of fused-ring (bicyclic) bond motifs is 1. The zero-order valence-electron chi connectivity index (χ0n) is 17.6. The molecule has 4 aromatic rings. The van der Waals surface area contributed by atoms with Gasteiger partial charge in [-0.15, -0.1) is 5.10 Å². The number of hydrogen-bond donors (Lipinski definition) is 2. The molecule has 0 unspecified atom stereocenters. The van der Waals surface area contributed by atoms with Crippen LogP contribution in [0.3, 0.4) is 0 Å². The van der Waals surface area contributed by atoms with Gasteiger partial charge in [0.15, 0.2) is 5.65 Å². The first kappa shape index (κ1) is 19.7. The van der Waals surface area contributed by atoms with Crippen molar-refractivity contribution in [3.63, 3.8) is 0 Å². The van der Waals surface area contributed by atoms with Gasteiger partial charge in [0.25, 0.3) is 5.91 Å². The van der Waals surface area contributed by atoms with Crippen LogP contribution in [-0.2, 0) is 11.8 Å². The molecule has 0 saturated heterocycles. The first-order chi connectivity index (χ1) is 15.4. The van der Waals surface area contributed by atoms with Crippen LogP contribution in [0.2, 0.25) is 0 Å². The van der Waals surface area contributed by atoms with E-state index in [0.717, 1.165) is 18.5 Å². The fourth-order valence-electron chi connectivity index (χ4n) is 3.33. The number of aryl methyl sites for hydroxylation is 2. The molecular weight excluding hydrogens is 410 g/mol. The molecule has 1 aromatic carbocycles. The lowest BCUT2D eigenvalue weighted by Crippen LogP contribution is -2.16. The molecule has 0 bridgehead atoms. The molecule has 2 amide bonds. The van der Waals surface area contributed by atoms with Crippen molar-refractivity contribution in [1.82, 2.24) is 24.4 Å². The van der Waals surface area contributed by atoms with Crippen LogP contribution in [0.25, 0.3) is 5.65 Å². The van der Waals surface area contributed by atoms with Crippen molar-refractivity contribution < 1.29 is 14.3 Å². The molecule has 0 radical (unpaired) electrons.